The van der Waals surface area contributed by atoms with Crippen LogP contribution in [-0.4, -0.2) is 4.98 Å². The van der Waals surface area contributed by atoms with Gasteiger partial charge < -0.3 is 0 Å². The normalized spacial score (nSPS) is 10.8. The topological polar surface area (TPSA) is 12.9 Å². The Labute approximate surface area is 113 Å². The van der Waals surface area contributed by atoms with Gasteiger partial charge in [0.2, 0.25) is 0 Å². The second-order valence-corrected chi connectivity index (χ2v) is 5.10. The van der Waals surface area contributed by atoms with Crippen molar-refractivity contribution in [3.8, 4) is 0 Å². The van der Waals surface area contributed by atoms with E-state index >= 15 is 0 Å². The number of fused-ring (bicyclic) bond motifs is 1. The van der Waals surface area contributed by atoms with Crippen LogP contribution in [0.1, 0.15) is 22.4 Å². The minimum Gasteiger partial charge on any atom is -0.253 e. The number of benzene rings is 2. The van der Waals surface area contributed by atoms with Gasteiger partial charge in [-0.2, -0.15) is 0 Å². The molecule has 0 atom stereocenters. The average Bonchev–Trinajstić information content (AvgIpc) is 2.41. The van der Waals surface area contributed by atoms with Gasteiger partial charge in [0.25, 0.3) is 0 Å². The number of hydrogen-bond donors (Lipinski definition) is 0. The van der Waals surface area contributed by atoms with Gasteiger partial charge >= 0.3 is 0 Å². The molecule has 1 heteroatoms. The Hall–Kier alpha value is -2.15. The summed E-state index contributed by atoms with van der Waals surface area (Å²) < 4.78 is 0. The molecule has 0 aliphatic heterocycles. The molecule has 3 aromatic rings. The molecule has 0 bridgehead atoms. The Morgan fingerprint density at radius 3 is 2.42 bits per heavy atom. The molecule has 0 saturated heterocycles. The summed E-state index contributed by atoms with van der Waals surface area (Å²) in [5.74, 6) is 0. The van der Waals surface area contributed by atoms with Gasteiger partial charge in [-0.1, -0.05) is 48.0 Å². The van der Waals surface area contributed by atoms with Gasteiger partial charge in [-0.25, -0.2) is 0 Å². The Bertz CT molecular complexity index is 711. The van der Waals surface area contributed by atoms with Crippen molar-refractivity contribution in [2.75, 3.05) is 0 Å². The van der Waals surface area contributed by atoms with Gasteiger partial charge in [0.15, 0.2) is 0 Å². The first-order valence-corrected chi connectivity index (χ1v) is 6.63. The van der Waals surface area contributed by atoms with Crippen molar-refractivity contribution in [2.24, 2.45) is 0 Å². The SMILES string of the molecule is Cc1ccc(Cc2cc(C)nc3ccccc23)cc1. The summed E-state index contributed by atoms with van der Waals surface area (Å²) in [4.78, 5) is 4.59. The van der Waals surface area contributed by atoms with Gasteiger partial charge in [0.05, 0.1) is 5.52 Å². The third-order valence-corrected chi connectivity index (χ3v) is 3.45. The van der Waals surface area contributed by atoms with E-state index in [9.17, 15) is 0 Å². The summed E-state index contributed by atoms with van der Waals surface area (Å²) in [7, 11) is 0. The summed E-state index contributed by atoms with van der Waals surface area (Å²) in [5, 5.41) is 1.26. The van der Waals surface area contributed by atoms with Crippen LogP contribution in [0.5, 0.6) is 0 Å². The Balaban J connectivity index is 2.07. The van der Waals surface area contributed by atoms with E-state index in [4.69, 9.17) is 0 Å². The maximum Gasteiger partial charge on any atom is 0.0708 e. The molecule has 0 fully saturated rings. The lowest BCUT2D eigenvalue weighted by Gasteiger charge is -2.08. The lowest BCUT2D eigenvalue weighted by Crippen LogP contribution is -1.94. The van der Waals surface area contributed by atoms with Gasteiger partial charge in [-0.05, 0) is 43.5 Å². The second-order valence-electron chi connectivity index (χ2n) is 5.10. The molecule has 2 aromatic carbocycles. The maximum absolute atomic E-state index is 4.59. The van der Waals surface area contributed by atoms with Crippen molar-refractivity contribution < 1.29 is 0 Å². The number of nitrogens with zero attached hydrogens (tertiary/aromatic N) is 1. The third-order valence-electron chi connectivity index (χ3n) is 3.45. The molecule has 0 aliphatic rings. The summed E-state index contributed by atoms with van der Waals surface area (Å²) in [6, 6.07) is 19.3. The molecule has 0 unspecified atom stereocenters. The van der Waals surface area contributed by atoms with Gasteiger partial charge in [-0.15, -0.1) is 0 Å². The lowest BCUT2D eigenvalue weighted by molar-refractivity contribution is 1.16. The minimum absolute atomic E-state index is 0.962. The van der Waals surface area contributed by atoms with E-state index in [1.54, 1.807) is 0 Å². The van der Waals surface area contributed by atoms with Crippen molar-refractivity contribution in [2.45, 2.75) is 20.3 Å². The molecule has 1 nitrogen and oxygen atoms in total. The van der Waals surface area contributed by atoms with Crippen LogP contribution in [0.25, 0.3) is 10.9 Å². The highest BCUT2D eigenvalue weighted by molar-refractivity contribution is 5.82. The monoisotopic (exact) mass is 247 g/mol. The Kier molecular flexibility index (Phi) is 3.04. The molecule has 0 aliphatic carbocycles. The van der Waals surface area contributed by atoms with Crippen molar-refractivity contribution >= 4 is 10.9 Å². The van der Waals surface area contributed by atoms with E-state index in [2.05, 4.69) is 67.4 Å². The molecule has 3 rings (SSSR count). The molecule has 0 saturated carbocycles. The van der Waals surface area contributed by atoms with Crippen molar-refractivity contribution in [1.82, 2.24) is 4.98 Å². The minimum atomic E-state index is 0.962. The quantitative estimate of drug-likeness (QED) is 0.652. The number of pyridine rings is 1. The molecular weight excluding hydrogens is 230 g/mol. The van der Waals surface area contributed by atoms with E-state index in [1.807, 2.05) is 6.07 Å². The van der Waals surface area contributed by atoms with Crippen LogP contribution in [0.3, 0.4) is 0 Å². The first-order chi connectivity index (χ1) is 9.22. The van der Waals surface area contributed by atoms with Crippen LogP contribution in [0.2, 0.25) is 0 Å². The summed E-state index contributed by atoms with van der Waals surface area (Å²) in [5.41, 5.74) is 6.18. The Morgan fingerprint density at radius 2 is 1.63 bits per heavy atom. The maximum atomic E-state index is 4.59. The van der Waals surface area contributed by atoms with Crippen LogP contribution in [0, 0.1) is 13.8 Å². The van der Waals surface area contributed by atoms with Crippen molar-refractivity contribution in [1.29, 1.82) is 0 Å². The molecule has 0 spiro atoms. The Morgan fingerprint density at radius 1 is 0.895 bits per heavy atom. The van der Waals surface area contributed by atoms with Crippen LogP contribution in [0.15, 0.2) is 54.6 Å². The van der Waals surface area contributed by atoms with Crippen LogP contribution in [0.4, 0.5) is 0 Å². The standard InChI is InChI=1S/C18H17N/c1-13-7-9-15(10-8-13)12-16-11-14(2)19-18-6-4-3-5-17(16)18/h3-11H,12H2,1-2H3. The number of rotatable bonds is 2. The van der Waals surface area contributed by atoms with Crippen molar-refractivity contribution in [3.05, 3.63) is 77.0 Å². The highest BCUT2D eigenvalue weighted by Crippen LogP contribution is 2.21. The molecule has 19 heavy (non-hydrogen) atoms. The predicted molar refractivity (Wildman–Crippen MR) is 80.5 cm³/mol. The fourth-order valence-corrected chi connectivity index (χ4v) is 2.47. The van der Waals surface area contributed by atoms with Gasteiger partial charge in [0.1, 0.15) is 0 Å². The van der Waals surface area contributed by atoms with Crippen LogP contribution in [-0.2, 0) is 6.42 Å². The van der Waals surface area contributed by atoms with Crippen LogP contribution < -0.4 is 0 Å². The zero-order valence-electron chi connectivity index (χ0n) is 11.4. The largest absolute Gasteiger partial charge is 0.253 e. The fraction of sp³-hybridized carbons (Fsp3) is 0.167. The smallest absolute Gasteiger partial charge is 0.0708 e. The number of hydrogen-bond acceptors (Lipinski definition) is 1. The van der Waals surface area contributed by atoms with Gasteiger partial charge in [-0.3, -0.25) is 4.98 Å². The van der Waals surface area contributed by atoms with E-state index < -0.39 is 0 Å². The predicted octanol–water partition coefficient (Wildman–Crippen LogP) is 4.44. The summed E-state index contributed by atoms with van der Waals surface area (Å²) >= 11 is 0. The van der Waals surface area contributed by atoms with Crippen molar-refractivity contribution in [3.63, 3.8) is 0 Å². The zero-order valence-corrected chi connectivity index (χ0v) is 11.4. The summed E-state index contributed by atoms with van der Waals surface area (Å²) in [6.07, 6.45) is 0.962. The number of aryl methyl sites for hydroxylation is 2. The average molecular weight is 247 g/mol. The van der Waals surface area contributed by atoms with E-state index in [0.29, 0.717) is 0 Å². The third kappa shape index (κ3) is 2.50. The molecular formula is C18H17N. The van der Waals surface area contributed by atoms with E-state index in [-0.39, 0.29) is 0 Å². The molecule has 1 heterocycles. The molecule has 0 amide bonds. The van der Waals surface area contributed by atoms with Crippen LogP contribution >= 0.6 is 0 Å². The van der Waals surface area contributed by atoms with Gasteiger partial charge in [0, 0.05) is 11.1 Å². The molecule has 94 valence electrons. The molecule has 1 aromatic heterocycles. The number of aromatic nitrogens is 1. The first-order valence-electron chi connectivity index (χ1n) is 6.63. The summed E-state index contributed by atoms with van der Waals surface area (Å²) in [6.45, 7) is 4.18. The first kappa shape index (κ1) is 11.9. The second kappa shape index (κ2) is 4.85. The zero-order chi connectivity index (χ0) is 13.2. The highest BCUT2D eigenvalue weighted by atomic mass is 14.7. The van der Waals surface area contributed by atoms with E-state index in [1.165, 1.54) is 22.1 Å². The molecule has 0 radical (unpaired) electrons. The fourth-order valence-electron chi connectivity index (χ4n) is 2.47. The number of para-hydroxylation sites is 1. The molecule has 0 N–H and O–H groups in total. The lowest BCUT2D eigenvalue weighted by atomic mass is 9.99. The van der Waals surface area contributed by atoms with E-state index in [0.717, 1.165) is 17.6 Å². The highest BCUT2D eigenvalue weighted by Gasteiger charge is 2.04.